The molecule has 0 radical (unpaired) electrons. The maximum absolute atomic E-state index is 11.9. The number of ether oxygens (including phenoxy) is 1. The number of Topliss-reactive ketones (excluding diaryl/α,β-unsaturated/α-hetero) is 1. The Hall–Kier alpha value is -1.89. The molecule has 23 heavy (non-hydrogen) atoms. The first kappa shape index (κ1) is 17.5. The first-order valence-electron chi connectivity index (χ1n) is 6.86. The molecule has 3 atom stereocenters. The average Bonchev–Trinajstić information content (AvgIpc) is 2.55. The number of nitrogens with zero attached hydrogens (tertiary/aromatic N) is 1. The van der Waals surface area contributed by atoms with Crippen LogP contribution in [0, 0.1) is 0 Å². The summed E-state index contributed by atoms with van der Waals surface area (Å²) in [6.07, 6.45) is -0.206. The molecule has 0 bridgehead atoms. The van der Waals surface area contributed by atoms with Crippen molar-refractivity contribution < 1.29 is 32.8 Å². The molecular formula is C14H18NO7P. The topological polar surface area (TPSA) is 102 Å². The minimum Gasteiger partial charge on any atom is -0.453 e. The molecule has 2 rings (SSSR count). The van der Waals surface area contributed by atoms with Gasteiger partial charge in [-0.05, 0) is 24.6 Å². The molecule has 1 aliphatic heterocycles. The normalized spacial score (nSPS) is 23.0. The van der Waals surface area contributed by atoms with Gasteiger partial charge in [-0.15, -0.1) is 0 Å². The second-order valence-electron chi connectivity index (χ2n) is 5.06. The van der Waals surface area contributed by atoms with E-state index in [1.807, 2.05) is 0 Å². The fourth-order valence-corrected chi connectivity index (χ4v) is 2.87. The van der Waals surface area contributed by atoms with Gasteiger partial charge < -0.3 is 9.26 Å². The van der Waals surface area contributed by atoms with Crippen molar-refractivity contribution in [3.8, 4) is 5.75 Å². The number of likely N-dealkylation sites (tertiary alicyclic amines) is 1. The summed E-state index contributed by atoms with van der Waals surface area (Å²) in [5.41, 5.74) is 0.779. The van der Waals surface area contributed by atoms with Gasteiger partial charge in [-0.3, -0.25) is 19.1 Å². The zero-order chi connectivity index (χ0) is 17.2. The molecular weight excluding hydrogens is 325 g/mol. The fourth-order valence-electron chi connectivity index (χ4n) is 2.41. The van der Waals surface area contributed by atoms with E-state index in [0.29, 0.717) is 6.42 Å². The molecule has 1 aromatic rings. The minimum atomic E-state index is -4.10. The van der Waals surface area contributed by atoms with Crippen molar-refractivity contribution in [1.29, 1.82) is 0 Å². The number of carbonyl (C=O) groups excluding carboxylic acids is 2. The zero-order valence-electron chi connectivity index (χ0n) is 13.0. The summed E-state index contributed by atoms with van der Waals surface area (Å²) in [6, 6.07) is 5.23. The van der Waals surface area contributed by atoms with Crippen molar-refractivity contribution in [2.45, 2.75) is 25.4 Å². The number of carbonyl (C=O) groups is 2. The van der Waals surface area contributed by atoms with Crippen molar-refractivity contribution in [1.82, 2.24) is 4.90 Å². The lowest BCUT2D eigenvalue weighted by molar-refractivity contribution is -0.140. The van der Waals surface area contributed by atoms with E-state index in [-0.39, 0.29) is 11.5 Å². The summed E-state index contributed by atoms with van der Waals surface area (Å²) < 4.78 is 25.1. The van der Waals surface area contributed by atoms with Gasteiger partial charge in [0.05, 0.1) is 13.2 Å². The van der Waals surface area contributed by atoms with E-state index < -0.39 is 26.0 Å². The third-order valence-corrected chi connectivity index (χ3v) is 4.59. The van der Waals surface area contributed by atoms with Crippen molar-refractivity contribution in [3.05, 3.63) is 29.8 Å². The van der Waals surface area contributed by atoms with Gasteiger partial charge in [0.15, 0.2) is 5.78 Å². The highest BCUT2D eigenvalue weighted by atomic mass is 31.2. The van der Waals surface area contributed by atoms with E-state index >= 15 is 0 Å². The number of rotatable bonds is 5. The molecule has 1 heterocycles. The Morgan fingerprint density at radius 1 is 1.30 bits per heavy atom. The molecule has 8 nitrogen and oxygen atoms in total. The summed E-state index contributed by atoms with van der Waals surface area (Å²) in [5, 5.41) is 0. The lowest BCUT2D eigenvalue weighted by atomic mass is 9.88. The van der Waals surface area contributed by atoms with Gasteiger partial charge in [0, 0.05) is 13.5 Å². The molecule has 126 valence electrons. The quantitative estimate of drug-likeness (QED) is 0.813. The molecule has 1 amide bonds. The molecule has 0 aliphatic carbocycles. The van der Waals surface area contributed by atoms with Gasteiger partial charge in [0.25, 0.3) is 0 Å². The van der Waals surface area contributed by atoms with Gasteiger partial charge in [-0.1, -0.05) is 12.1 Å². The minimum absolute atomic E-state index is 0.0324. The number of phosphoric acid groups is 1. The van der Waals surface area contributed by atoms with Crippen LogP contribution < -0.4 is 4.52 Å². The number of amides is 1. The molecule has 1 aromatic carbocycles. The van der Waals surface area contributed by atoms with Crippen LogP contribution in [0.25, 0.3) is 0 Å². The summed E-state index contributed by atoms with van der Waals surface area (Å²) in [6.45, 7) is 1.65. The van der Waals surface area contributed by atoms with Crippen LogP contribution in [-0.2, 0) is 25.0 Å². The Morgan fingerprint density at radius 3 is 2.43 bits per heavy atom. The average molecular weight is 343 g/mol. The van der Waals surface area contributed by atoms with Crippen molar-refractivity contribution in [2.75, 3.05) is 14.2 Å². The van der Waals surface area contributed by atoms with E-state index in [4.69, 9.17) is 4.52 Å². The molecule has 1 aliphatic rings. The second kappa shape index (κ2) is 6.70. The lowest BCUT2D eigenvalue weighted by Gasteiger charge is -2.44. The molecule has 9 heteroatoms. The monoisotopic (exact) mass is 343 g/mol. The Morgan fingerprint density at radius 2 is 1.91 bits per heavy atom. The predicted octanol–water partition coefficient (Wildman–Crippen LogP) is 1.76. The molecule has 1 saturated heterocycles. The number of benzene rings is 1. The third kappa shape index (κ3) is 3.72. The molecule has 3 unspecified atom stereocenters. The van der Waals surface area contributed by atoms with Gasteiger partial charge in [0.2, 0.25) is 0 Å². The standard InChI is InChI=1S/C14H18NO7P/c1-9-13(16)12(15(9)14(17)20-2)8-10-4-6-11(7-5-10)22-23(18,19)21-3/h4-7,9,12H,8H2,1-3H3,(H,18,19). The van der Waals surface area contributed by atoms with Crippen LogP contribution >= 0.6 is 7.82 Å². The van der Waals surface area contributed by atoms with Crippen LogP contribution in [-0.4, -0.2) is 48.0 Å². The van der Waals surface area contributed by atoms with Gasteiger partial charge in [0.1, 0.15) is 11.8 Å². The maximum atomic E-state index is 11.9. The van der Waals surface area contributed by atoms with Crippen LogP contribution in [0.5, 0.6) is 5.75 Å². The zero-order valence-corrected chi connectivity index (χ0v) is 13.9. The number of phosphoric ester groups is 1. The SMILES string of the molecule is COC(=O)N1C(C)C(=O)C1Cc1ccc(OP(=O)(O)OC)cc1. The first-order valence-corrected chi connectivity index (χ1v) is 8.35. The van der Waals surface area contributed by atoms with E-state index in [1.54, 1.807) is 19.1 Å². The van der Waals surface area contributed by atoms with Crippen molar-refractivity contribution >= 4 is 19.7 Å². The van der Waals surface area contributed by atoms with Crippen molar-refractivity contribution in [2.24, 2.45) is 0 Å². The molecule has 0 aromatic heterocycles. The van der Waals surface area contributed by atoms with E-state index in [0.717, 1.165) is 12.7 Å². The molecule has 1 N–H and O–H groups in total. The predicted molar refractivity (Wildman–Crippen MR) is 80.1 cm³/mol. The van der Waals surface area contributed by atoms with Crippen molar-refractivity contribution in [3.63, 3.8) is 0 Å². The fraction of sp³-hybridized carbons (Fsp3) is 0.429. The van der Waals surface area contributed by atoms with E-state index in [1.165, 1.54) is 24.1 Å². The maximum Gasteiger partial charge on any atom is 0.527 e. The van der Waals surface area contributed by atoms with Crippen LogP contribution in [0.15, 0.2) is 24.3 Å². The summed E-state index contributed by atoms with van der Waals surface area (Å²) in [5.74, 6) is 0.134. The number of methoxy groups -OCH3 is 1. The highest BCUT2D eigenvalue weighted by molar-refractivity contribution is 7.47. The summed E-state index contributed by atoms with van der Waals surface area (Å²) in [7, 11) is -1.76. The Balaban J connectivity index is 2.05. The van der Waals surface area contributed by atoms with Gasteiger partial charge >= 0.3 is 13.9 Å². The second-order valence-corrected chi connectivity index (χ2v) is 6.55. The van der Waals surface area contributed by atoms with Gasteiger partial charge in [-0.2, -0.15) is 0 Å². The lowest BCUT2D eigenvalue weighted by Crippen LogP contribution is -2.66. The first-order chi connectivity index (χ1) is 10.8. The largest absolute Gasteiger partial charge is 0.527 e. The summed E-state index contributed by atoms with van der Waals surface area (Å²) in [4.78, 5) is 34.2. The Bertz CT molecular complexity index is 645. The number of hydrogen-bond donors (Lipinski definition) is 1. The van der Waals surface area contributed by atoms with Crippen LogP contribution in [0.3, 0.4) is 0 Å². The highest BCUT2D eigenvalue weighted by Gasteiger charge is 2.47. The molecule has 0 spiro atoms. The van der Waals surface area contributed by atoms with Gasteiger partial charge in [-0.25, -0.2) is 9.36 Å². The number of hydrogen-bond acceptors (Lipinski definition) is 6. The molecule has 0 saturated carbocycles. The Labute approximate surface area is 133 Å². The van der Waals surface area contributed by atoms with E-state index in [9.17, 15) is 19.0 Å². The smallest absolute Gasteiger partial charge is 0.453 e. The third-order valence-electron chi connectivity index (χ3n) is 3.68. The Kier molecular flexibility index (Phi) is 5.09. The number of ketones is 1. The van der Waals surface area contributed by atoms with Crippen LogP contribution in [0.2, 0.25) is 0 Å². The van der Waals surface area contributed by atoms with E-state index in [2.05, 4.69) is 9.26 Å². The van der Waals surface area contributed by atoms with Crippen LogP contribution in [0.1, 0.15) is 12.5 Å². The van der Waals surface area contributed by atoms with Crippen LogP contribution in [0.4, 0.5) is 4.79 Å². The highest BCUT2D eigenvalue weighted by Crippen LogP contribution is 2.42. The summed E-state index contributed by atoms with van der Waals surface area (Å²) >= 11 is 0. The molecule has 1 fully saturated rings.